The van der Waals surface area contributed by atoms with Gasteiger partial charge in [-0.05, 0) is 44.4 Å². The number of aryl methyl sites for hydroxylation is 1. The van der Waals surface area contributed by atoms with Crippen molar-refractivity contribution in [3.05, 3.63) is 41.2 Å². The summed E-state index contributed by atoms with van der Waals surface area (Å²) >= 11 is 0. The minimum atomic E-state index is -0.278. The Morgan fingerprint density at radius 1 is 1.03 bits per heavy atom. The van der Waals surface area contributed by atoms with E-state index in [0.29, 0.717) is 36.9 Å². The van der Waals surface area contributed by atoms with Crippen molar-refractivity contribution in [2.75, 3.05) is 19.8 Å². The van der Waals surface area contributed by atoms with Gasteiger partial charge in [0.15, 0.2) is 18.1 Å². The summed E-state index contributed by atoms with van der Waals surface area (Å²) < 4.78 is 18.6. The summed E-state index contributed by atoms with van der Waals surface area (Å²) in [6.07, 6.45) is 7.50. The predicted octanol–water partition coefficient (Wildman–Crippen LogP) is 4.95. The van der Waals surface area contributed by atoms with Crippen molar-refractivity contribution in [2.45, 2.75) is 58.8 Å². The van der Waals surface area contributed by atoms with Crippen LogP contribution < -0.4 is 9.47 Å². The van der Waals surface area contributed by atoms with Crippen LogP contribution >= 0.6 is 0 Å². The lowest BCUT2D eigenvalue weighted by Crippen LogP contribution is -2.16. The predicted molar refractivity (Wildman–Crippen MR) is 117 cm³/mol. The molecule has 0 radical (unpaired) electrons. The van der Waals surface area contributed by atoms with Gasteiger partial charge in [0.05, 0.1) is 0 Å². The molecule has 2 heterocycles. The number of fused-ring (bicyclic) bond motifs is 1. The highest BCUT2D eigenvalue weighted by Crippen LogP contribution is 2.33. The van der Waals surface area contributed by atoms with Crippen LogP contribution in [0.3, 0.4) is 0 Å². The highest BCUT2D eigenvalue weighted by Gasteiger charge is 2.21. The zero-order valence-corrected chi connectivity index (χ0v) is 18.4. The lowest BCUT2D eigenvalue weighted by atomic mass is 9.86. The first-order valence-corrected chi connectivity index (χ1v) is 11.3. The molecule has 31 heavy (non-hydrogen) atoms. The summed E-state index contributed by atoms with van der Waals surface area (Å²) in [5.41, 5.74) is 3.23. The van der Waals surface area contributed by atoms with Crippen LogP contribution in [0.15, 0.2) is 24.3 Å². The molecule has 1 aromatic heterocycles. The molecule has 0 unspecified atom stereocenters. The fourth-order valence-electron chi connectivity index (χ4n) is 4.71. The number of ketones is 1. The molecule has 0 spiro atoms. The second-order valence-corrected chi connectivity index (χ2v) is 8.57. The molecule has 2 aliphatic rings. The standard InChI is InChI=1S/C25H31NO5/c1-17-14-21(22(27)16-31-25(28)11-8-19-6-4-3-5-7-19)18(2)26(17)20-9-10-23-24(15-20)30-13-12-29-23/h9-10,14-15,19H,3-8,11-13,16H2,1-2H3. The highest BCUT2D eigenvalue weighted by molar-refractivity contribution is 5.99. The minimum Gasteiger partial charge on any atom is -0.486 e. The molecule has 1 saturated carbocycles. The second-order valence-electron chi connectivity index (χ2n) is 8.57. The normalized spacial score (nSPS) is 16.2. The van der Waals surface area contributed by atoms with Gasteiger partial charge in [-0.1, -0.05) is 32.1 Å². The average Bonchev–Trinajstić information content (AvgIpc) is 3.10. The molecule has 1 aliphatic heterocycles. The molecule has 0 atom stereocenters. The second kappa shape index (κ2) is 9.58. The zero-order chi connectivity index (χ0) is 21.8. The first-order chi connectivity index (χ1) is 15.0. The molecule has 166 valence electrons. The molecule has 0 amide bonds. The number of Topliss-reactive ketones (excluding diaryl/α,β-unsaturated/α-hetero) is 1. The lowest BCUT2D eigenvalue weighted by molar-refractivity contribution is -0.142. The summed E-state index contributed by atoms with van der Waals surface area (Å²) in [6, 6.07) is 7.61. The van der Waals surface area contributed by atoms with Crippen LogP contribution in [0.5, 0.6) is 11.5 Å². The number of nitrogens with zero attached hydrogens (tertiary/aromatic N) is 1. The number of carbonyl (C=O) groups is 2. The van der Waals surface area contributed by atoms with E-state index in [4.69, 9.17) is 14.2 Å². The molecule has 6 heteroatoms. The van der Waals surface area contributed by atoms with E-state index in [1.165, 1.54) is 32.1 Å². The van der Waals surface area contributed by atoms with E-state index < -0.39 is 0 Å². The van der Waals surface area contributed by atoms with Crippen molar-refractivity contribution in [1.29, 1.82) is 0 Å². The Hall–Kier alpha value is -2.76. The molecule has 4 rings (SSSR count). The van der Waals surface area contributed by atoms with Gasteiger partial charge in [0.25, 0.3) is 0 Å². The fourth-order valence-corrected chi connectivity index (χ4v) is 4.71. The Labute approximate surface area is 183 Å². The molecule has 0 N–H and O–H groups in total. The first-order valence-electron chi connectivity index (χ1n) is 11.3. The maximum Gasteiger partial charge on any atom is 0.306 e. The summed E-state index contributed by atoms with van der Waals surface area (Å²) in [5.74, 6) is 1.61. The van der Waals surface area contributed by atoms with Crippen molar-refractivity contribution in [1.82, 2.24) is 4.57 Å². The summed E-state index contributed by atoms with van der Waals surface area (Å²) in [5, 5.41) is 0. The number of hydrogen-bond donors (Lipinski definition) is 0. The number of ether oxygens (including phenoxy) is 3. The third-order valence-electron chi connectivity index (χ3n) is 6.36. The van der Waals surface area contributed by atoms with E-state index in [1.807, 2.05) is 42.7 Å². The van der Waals surface area contributed by atoms with E-state index in [2.05, 4.69) is 0 Å². The van der Waals surface area contributed by atoms with Crippen molar-refractivity contribution < 1.29 is 23.8 Å². The van der Waals surface area contributed by atoms with Gasteiger partial charge in [-0.3, -0.25) is 9.59 Å². The third kappa shape index (κ3) is 4.94. The maximum atomic E-state index is 12.8. The number of hydrogen-bond acceptors (Lipinski definition) is 5. The van der Waals surface area contributed by atoms with Gasteiger partial charge in [0, 0.05) is 35.1 Å². The van der Waals surface area contributed by atoms with E-state index in [9.17, 15) is 9.59 Å². The number of carbonyl (C=O) groups excluding carboxylic acids is 2. The Kier molecular flexibility index (Phi) is 6.64. The van der Waals surface area contributed by atoms with Gasteiger partial charge in [-0.2, -0.15) is 0 Å². The summed E-state index contributed by atoms with van der Waals surface area (Å²) in [6.45, 7) is 4.72. The molecular weight excluding hydrogens is 394 g/mol. The van der Waals surface area contributed by atoms with E-state index >= 15 is 0 Å². The number of benzene rings is 1. The molecule has 0 saturated heterocycles. The van der Waals surface area contributed by atoms with E-state index in [0.717, 1.165) is 29.2 Å². The SMILES string of the molecule is Cc1cc(C(=O)COC(=O)CCC2CCCCC2)c(C)n1-c1ccc2c(c1)OCCO2. The highest BCUT2D eigenvalue weighted by atomic mass is 16.6. The van der Waals surface area contributed by atoms with Gasteiger partial charge in [0.1, 0.15) is 13.2 Å². The number of esters is 1. The molecule has 6 nitrogen and oxygen atoms in total. The van der Waals surface area contributed by atoms with E-state index in [1.54, 1.807) is 0 Å². The summed E-state index contributed by atoms with van der Waals surface area (Å²) in [4.78, 5) is 24.9. The van der Waals surface area contributed by atoms with Crippen LogP contribution in [-0.2, 0) is 9.53 Å². The summed E-state index contributed by atoms with van der Waals surface area (Å²) in [7, 11) is 0. The number of rotatable bonds is 7. The molecule has 2 aromatic rings. The minimum absolute atomic E-state index is 0.178. The first kappa shape index (κ1) is 21.5. The Morgan fingerprint density at radius 2 is 1.77 bits per heavy atom. The monoisotopic (exact) mass is 425 g/mol. The molecule has 1 aliphatic carbocycles. The molecule has 1 fully saturated rings. The molecule has 0 bridgehead atoms. The van der Waals surface area contributed by atoms with Crippen LogP contribution in [0, 0.1) is 19.8 Å². The van der Waals surface area contributed by atoms with Crippen molar-refractivity contribution in [3.63, 3.8) is 0 Å². The van der Waals surface area contributed by atoms with Crippen LogP contribution in [0.4, 0.5) is 0 Å². The van der Waals surface area contributed by atoms with Gasteiger partial charge < -0.3 is 18.8 Å². The largest absolute Gasteiger partial charge is 0.486 e. The van der Waals surface area contributed by atoms with Gasteiger partial charge in [-0.25, -0.2) is 0 Å². The van der Waals surface area contributed by atoms with Crippen molar-refractivity contribution >= 4 is 11.8 Å². The fraction of sp³-hybridized carbons (Fsp3) is 0.520. The van der Waals surface area contributed by atoms with Crippen LogP contribution in [0.1, 0.15) is 66.7 Å². The quantitative estimate of drug-likeness (QED) is 0.464. The lowest BCUT2D eigenvalue weighted by Gasteiger charge is -2.20. The number of aromatic nitrogens is 1. The molecule has 1 aromatic carbocycles. The van der Waals surface area contributed by atoms with E-state index in [-0.39, 0.29) is 18.4 Å². The topological polar surface area (TPSA) is 66.8 Å². The molecular formula is C25H31NO5. The Morgan fingerprint density at radius 3 is 2.55 bits per heavy atom. The van der Waals surface area contributed by atoms with Crippen molar-refractivity contribution in [2.24, 2.45) is 5.92 Å². The van der Waals surface area contributed by atoms with Crippen LogP contribution in [0.25, 0.3) is 5.69 Å². The van der Waals surface area contributed by atoms with Gasteiger partial charge in [-0.15, -0.1) is 0 Å². The Bertz CT molecular complexity index is 955. The average molecular weight is 426 g/mol. The van der Waals surface area contributed by atoms with Crippen molar-refractivity contribution in [3.8, 4) is 17.2 Å². The Balaban J connectivity index is 1.38. The van der Waals surface area contributed by atoms with Gasteiger partial charge >= 0.3 is 5.97 Å². The van der Waals surface area contributed by atoms with Crippen LogP contribution in [0.2, 0.25) is 0 Å². The van der Waals surface area contributed by atoms with Gasteiger partial charge in [0.2, 0.25) is 5.78 Å². The maximum absolute atomic E-state index is 12.8. The smallest absolute Gasteiger partial charge is 0.306 e. The van der Waals surface area contributed by atoms with Crippen LogP contribution in [-0.4, -0.2) is 36.1 Å². The third-order valence-corrected chi connectivity index (χ3v) is 6.36. The zero-order valence-electron chi connectivity index (χ0n) is 18.4.